The lowest BCUT2D eigenvalue weighted by atomic mass is 10.1. The molecule has 1 atom stereocenters. The molecule has 0 unspecified atom stereocenters. The molecule has 1 aliphatic heterocycles. The van der Waals surface area contributed by atoms with Crippen LogP contribution in [0.15, 0.2) is 41.8 Å². The largest absolute Gasteiger partial charge is 0.497 e. The maximum absolute atomic E-state index is 5.50. The van der Waals surface area contributed by atoms with Crippen molar-refractivity contribution in [3.63, 3.8) is 0 Å². The van der Waals surface area contributed by atoms with E-state index >= 15 is 0 Å². The number of rotatable bonds is 7. The van der Waals surface area contributed by atoms with Crippen LogP contribution in [0.25, 0.3) is 0 Å². The summed E-state index contributed by atoms with van der Waals surface area (Å²) in [6, 6.07) is 12.7. The normalized spacial score (nSPS) is 16.7. The third kappa shape index (κ3) is 5.90. The van der Waals surface area contributed by atoms with Crippen molar-refractivity contribution in [1.29, 1.82) is 0 Å². The second-order valence-corrected chi connectivity index (χ2v) is 8.17. The van der Waals surface area contributed by atoms with E-state index in [0.717, 1.165) is 38.5 Å². The maximum Gasteiger partial charge on any atom is 0.166 e. The molecule has 7 heteroatoms. The van der Waals surface area contributed by atoms with Crippen LogP contribution in [0.3, 0.4) is 0 Å². The van der Waals surface area contributed by atoms with E-state index in [4.69, 9.17) is 17.0 Å². The molecule has 2 heterocycles. The van der Waals surface area contributed by atoms with Gasteiger partial charge in [-0.15, -0.1) is 11.3 Å². The van der Waals surface area contributed by atoms with Crippen LogP contribution in [-0.2, 0) is 6.54 Å². The number of likely N-dealkylation sites (N-methyl/N-ethyl adjacent to an activating group) is 1. The van der Waals surface area contributed by atoms with Crippen molar-refractivity contribution in [2.45, 2.75) is 12.6 Å². The Kier molecular flexibility index (Phi) is 7.46. The predicted octanol–water partition coefficient (Wildman–Crippen LogP) is 2.71. The van der Waals surface area contributed by atoms with Gasteiger partial charge in [-0.1, -0.05) is 18.2 Å². The van der Waals surface area contributed by atoms with Crippen molar-refractivity contribution in [2.75, 3.05) is 46.9 Å². The van der Waals surface area contributed by atoms with Crippen LogP contribution in [0.5, 0.6) is 5.75 Å². The lowest BCUT2D eigenvalue weighted by molar-refractivity contribution is 0.114. The Bertz CT molecular complexity index is 697. The van der Waals surface area contributed by atoms with E-state index in [9.17, 15) is 0 Å². The summed E-state index contributed by atoms with van der Waals surface area (Å²) >= 11 is 7.32. The Hall–Kier alpha value is -1.67. The number of thiocarbonyl (C=S) groups is 1. The lowest BCUT2D eigenvalue weighted by Crippen LogP contribution is -2.49. The number of ether oxygens (including phenoxy) is 1. The van der Waals surface area contributed by atoms with Gasteiger partial charge in [0, 0.05) is 44.1 Å². The topological polar surface area (TPSA) is 39.8 Å². The molecule has 1 aromatic heterocycles. The van der Waals surface area contributed by atoms with Crippen LogP contribution in [0.2, 0.25) is 0 Å². The highest BCUT2D eigenvalue weighted by atomic mass is 32.1. The van der Waals surface area contributed by atoms with Gasteiger partial charge in [-0.2, -0.15) is 0 Å². The van der Waals surface area contributed by atoms with E-state index in [1.807, 2.05) is 35.6 Å². The second-order valence-electron chi connectivity index (χ2n) is 6.78. The van der Waals surface area contributed by atoms with Crippen LogP contribution in [0.1, 0.15) is 16.5 Å². The number of nitrogens with one attached hydrogen (secondary N) is 2. The SMILES string of the molecule is COc1ccc(CNC(=S)NC[C@@H](c2cccs2)N2CCN(C)CC2)cc1. The van der Waals surface area contributed by atoms with Crippen LogP contribution in [0.4, 0.5) is 0 Å². The molecule has 2 N–H and O–H groups in total. The molecular formula is C20H28N4OS2. The van der Waals surface area contributed by atoms with Gasteiger partial charge >= 0.3 is 0 Å². The van der Waals surface area contributed by atoms with Crippen molar-refractivity contribution < 1.29 is 4.74 Å². The molecule has 0 amide bonds. The minimum atomic E-state index is 0.361. The van der Waals surface area contributed by atoms with Gasteiger partial charge in [0.2, 0.25) is 0 Å². The Morgan fingerprint density at radius 1 is 1.15 bits per heavy atom. The van der Waals surface area contributed by atoms with Crippen molar-refractivity contribution in [3.05, 3.63) is 52.2 Å². The summed E-state index contributed by atoms with van der Waals surface area (Å²) in [5.74, 6) is 0.866. The summed E-state index contributed by atoms with van der Waals surface area (Å²) in [6.07, 6.45) is 0. The minimum Gasteiger partial charge on any atom is -0.497 e. The highest BCUT2D eigenvalue weighted by molar-refractivity contribution is 7.80. The molecule has 5 nitrogen and oxygen atoms in total. The van der Waals surface area contributed by atoms with Gasteiger partial charge in [-0.25, -0.2) is 0 Å². The third-order valence-corrected chi connectivity index (χ3v) is 6.18. The monoisotopic (exact) mass is 404 g/mol. The molecule has 0 aliphatic carbocycles. The molecule has 1 aromatic carbocycles. The quantitative estimate of drug-likeness (QED) is 0.692. The first-order valence-corrected chi connectivity index (χ1v) is 10.5. The Labute approximate surface area is 171 Å². The van der Waals surface area contributed by atoms with E-state index < -0.39 is 0 Å². The summed E-state index contributed by atoms with van der Waals surface area (Å²) in [6.45, 7) is 5.93. The molecule has 1 fully saturated rings. The van der Waals surface area contributed by atoms with Gasteiger partial charge in [0.1, 0.15) is 5.75 Å². The van der Waals surface area contributed by atoms with Crippen LogP contribution >= 0.6 is 23.6 Å². The zero-order chi connectivity index (χ0) is 19.1. The molecule has 1 saturated heterocycles. The smallest absolute Gasteiger partial charge is 0.166 e. The molecule has 146 valence electrons. The van der Waals surface area contributed by atoms with E-state index in [1.54, 1.807) is 7.11 Å². The van der Waals surface area contributed by atoms with Gasteiger partial charge in [-0.3, -0.25) is 4.90 Å². The lowest BCUT2D eigenvalue weighted by Gasteiger charge is -2.37. The number of hydrogen-bond donors (Lipinski definition) is 2. The third-order valence-electron chi connectivity index (χ3n) is 4.92. The van der Waals surface area contributed by atoms with Crippen LogP contribution < -0.4 is 15.4 Å². The summed E-state index contributed by atoms with van der Waals surface area (Å²) < 4.78 is 5.19. The van der Waals surface area contributed by atoms with E-state index in [0.29, 0.717) is 17.7 Å². The zero-order valence-electron chi connectivity index (χ0n) is 16.0. The first kappa shape index (κ1) is 20.1. The van der Waals surface area contributed by atoms with Gasteiger partial charge in [0.25, 0.3) is 0 Å². The molecule has 3 rings (SSSR count). The van der Waals surface area contributed by atoms with Crippen LogP contribution in [0, 0.1) is 0 Å². The zero-order valence-corrected chi connectivity index (χ0v) is 17.6. The number of benzene rings is 1. The Morgan fingerprint density at radius 2 is 1.89 bits per heavy atom. The summed E-state index contributed by atoms with van der Waals surface area (Å²) in [5.41, 5.74) is 1.17. The highest BCUT2D eigenvalue weighted by Crippen LogP contribution is 2.25. The first-order chi connectivity index (χ1) is 13.2. The van der Waals surface area contributed by atoms with Crippen LogP contribution in [-0.4, -0.2) is 61.8 Å². The Balaban J connectivity index is 1.51. The maximum atomic E-state index is 5.50. The number of hydrogen-bond acceptors (Lipinski definition) is 5. The molecular weight excluding hydrogens is 376 g/mol. The molecule has 27 heavy (non-hydrogen) atoms. The van der Waals surface area contributed by atoms with Crippen molar-refractivity contribution >= 4 is 28.7 Å². The van der Waals surface area contributed by atoms with Crippen molar-refractivity contribution in [2.24, 2.45) is 0 Å². The predicted molar refractivity (Wildman–Crippen MR) is 117 cm³/mol. The summed E-state index contributed by atoms with van der Waals surface area (Å²) in [4.78, 5) is 6.34. The van der Waals surface area contributed by atoms with Gasteiger partial charge < -0.3 is 20.3 Å². The van der Waals surface area contributed by atoms with Crippen molar-refractivity contribution in [3.8, 4) is 5.75 Å². The van der Waals surface area contributed by atoms with E-state index in [1.165, 1.54) is 10.4 Å². The fraction of sp³-hybridized carbons (Fsp3) is 0.450. The van der Waals surface area contributed by atoms with Gasteiger partial charge in [-0.05, 0) is 48.4 Å². The fourth-order valence-electron chi connectivity index (χ4n) is 3.20. The van der Waals surface area contributed by atoms with Gasteiger partial charge in [0.05, 0.1) is 13.2 Å². The summed E-state index contributed by atoms with van der Waals surface area (Å²) in [7, 11) is 3.87. The number of methoxy groups -OCH3 is 1. The average molecular weight is 405 g/mol. The van der Waals surface area contributed by atoms with E-state index in [-0.39, 0.29) is 0 Å². The van der Waals surface area contributed by atoms with Crippen molar-refractivity contribution in [1.82, 2.24) is 20.4 Å². The minimum absolute atomic E-state index is 0.361. The molecule has 0 bridgehead atoms. The number of nitrogens with zero attached hydrogens (tertiary/aromatic N) is 2. The molecule has 0 radical (unpaired) electrons. The molecule has 0 spiro atoms. The fourth-order valence-corrected chi connectivity index (χ4v) is 4.22. The highest BCUT2D eigenvalue weighted by Gasteiger charge is 2.24. The number of piperazine rings is 1. The summed E-state index contributed by atoms with van der Waals surface area (Å²) in [5, 5.41) is 9.57. The average Bonchev–Trinajstić information content (AvgIpc) is 3.23. The second kappa shape index (κ2) is 10.0. The molecule has 0 saturated carbocycles. The van der Waals surface area contributed by atoms with Gasteiger partial charge in [0.15, 0.2) is 5.11 Å². The standard InChI is InChI=1S/C20H28N4OS2/c1-23-9-11-24(12-10-23)18(19-4-3-13-27-19)15-22-20(26)21-14-16-5-7-17(25-2)8-6-16/h3-8,13,18H,9-12,14-15H2,1-2H3,(H2,21,22,26)/t18-/m0/s1. The first-order valence-electron chi connectivity index (χ1n) is 9.26. The number of thiophene rings is 1. The molecule has 1 aliphatic rings. The van der Waals surface area contributed by atoms with E-state index in [2.05, 4.69) is 45.0 Å². The molecule has 2 aromatic rings. The Morgan fingerprint density at radius 3 is 2.52 bits per heavy atom.